The largest absolute Gasteiger partial charge is 0.300 e. The van der Waals surface area contributed by atoms with Crippen LogP contribution in [-0.2, 0) is 11.3 Å². The van der Waals surface area contributed by atoms with E-state index in [1.807, 2.05) is 13.1 Å². The summed E-state index contributed by atoms with van der Waals surface area (Å²) >= 11 is 3.04. The molecule has 0 bridgehead atoms. The number of anilines is 1. The van der Waals surface area contributed by atoms with E-state index < -0.39 is 0 Å². The normalized spacial score (nSPS) is 11.0. The van der Waals surface area contributed by atoms with Gasteiger partial charge in [-0.1, -0.05) is 36.9 Å². The number of amides is 1. The first kappa shape index (κ1) is 15.0. The van der Waals surface area contributed by atoms with Gasteiger partial charge in [0.25, 0.3) is 0 Å². The first-order chi connectivity index (χ1) is 9.52. The predicted molar refractivity (Wildman–Crippen MR) is 81.1 cm³/mol. The molecule has 0 aliphatic carbocycles. The lowest BCUT2D eigenvalue weighted by atomic mass is 10.4. The van der Waals surface area contributed by atoms with E-state index in [1.54, 1.807) is 22.6 Å². The molecule has 0 spiro atoms. The van der Waals surface area contributed by atoms with Crippen LogP contribution < -0.4 is 5.32 Å². The Hall–Kier alpha value is -1.41. The Morgan fingerprint density at radius 1 is 1.50 bits per heavy atom. The van der Waals surface area contributed by atoms with Crippen molar-refractivity contribution in [3.8, 4) is 0 Å². The van der Waals surface area contributed by atoms with Gasteiger partial charge in [0.15, 0.2) is 4.34 Å². The quantitative estimate of drug-likeness (QED) is 0.655. The maximum atomic E-state index is 11.8. The smallest absolute Gasteiger partial charge is 0.228 e. The first-order valence-electron chi connectivity index (χ1n) is 6.32. The van der Waals surface area contributed by atoms with Crippen molar-refractivity contribution >= 4 is 34.1 Å². The second-order valence-corrected chi connectivity index (χ2v) is 7.42. The number of carbonyl (C=O) groups is 1. The van der Waals surface area contributed by atoms with Crippen LogP contribution in [0.5, 0.6) is 0 Å². The van der Waals surface area contributed by atoms with Crippen molar-refractivity contribution in [3.63, 3.8) is 0 Å². The molecule has 2 aromatic rings. The maximum absolute atomic E-state index is 11.8. The Balaban J connectivity index is 1.80. The highest BCUT2D eigenvalue weighted by atomic mass is 32.2. The van der Waals surface area contributed by atoms with Crippen LogP contribution in [0.3, 0.4) is 0 Å². The van der Waals surface area contributed by atoms with E-state index >= 15 is 0 Å². The summed E-state index contributed by atoms with van der Waals surface area (Å²) in [7, 11) is 0. The number of nitrogens with zero attached hydrogens (tertiary/aromatic N) is 4. The summed E-state index contributed by atoms with van der Waals surface area (Å²) in [5, 5.41) is 15.9. The molecule has 2 aromatic heterocycles. The Morgan fingerprint density at radius 2 is 2.30 bits per heavy atom. The summed E-state index contributed by atoms with van der Waals surface area (Å²) in [6.45, 7) is 6.72. The molecule has 0 saturated carbocycles. The topological polar surface area (TPSA) is 72.7 Å². The summed E-state index contributed by atoms with van der Waals surface area (Å²) in [6, 6.07) is 0. The molecule has 108 valence electrons. The molecule has 1 amide bonds. The lowest BCUT2D eigenvalue weighted by molar-refractivity contribution is -0.116. The zero-order chi connectivity index (χ0) is 14.5. The van der Waals surface area contributed by atoms with Crippen LogP contribution in [-0.4, -0.2) is 31.1 Å². The third-order valence-corrected chi connectivity index (χ3v) is 4.25. The summed E-state index contributed by atoms with van der Waals surface area (Å²) in [5.41, 5.74) is 1.09. The van der Waals surface area contributed by atoms with Crippen molar-refractivity contribution in [3.05, 3.63) is 18.0 Å². The van der Waals surface area contributed by atoms with Crippen molar-refractivity contribution in [1.82, 2.24) is 20.0 Å². The van der Waals surface area contributed by atoms with E-state index in [0.717, 1.165) is 9.90 Å². The number of hydrogen-bond acceptors (Lipinski definition) is 6. The Kier molecular flexibility index (Phi) is 5.13. The van der Waals surface area contributed by atoms with Crippen molar-refractivity contribution in [2.75, 3.05) is 5.32 Å². The molecule has 1 N–H and O–H groups in total. The average molecular weight is 311 g/mol. The summed E-state index contributed by atoms with van der Waals surface area (Å²) in [4.78, 5) is 11.8. The Morgan fingerprint density at radius 3 is 2.95 bits per heavy atom. The Bertz CT molecular complexity index is 578. The second-order valence-electron chi connectivity index (χ2n) is 4.62. The minimum Gasteiger partial charge on any atom is -0.300 e. The maximum Gasteiger partial charge on any atom is 0.228 e. The number of nitrogens with one attached hydrogen (secondary N) is 1. The van der Waals surface area contributed by atoms with Gasteiger partial charge in [0.05, 0.1) is 6.20 Å². The molecule has 0 aliphatic rings. The van der Waals surface area contributed by atoms with Crippen LogP contribution in [0.4, 0.5) is 5.13 Å². The minimum absolute atomic E-state index is 0.0737. The predicted octanol–water partition coefficient (Wildman–Crippen LogP) is 2.57. The molecule has 0 aliphatic heterocycles. The van der Waals surface area contributed by atoms with Crippen molar-refractivity contribution in [2.45, 2.75) is 43.3 Å². The fraction of sp³-hybridized carbons (Fsp3) is 0.500. The third kappa shape index (κ3) is 4.61. The van der Waals surface area contributed by atoms with Crippen molar-refractivity contribution in [1.29, 1.82) is 0 Å². The van der Waals surface area contributed by atoms with E-state index in [2.05, 4.69) is 34.5 Å². The monoisotopic (exact) mass is 311 g/mol. The lowest BCUT2D eigenvalue weighted by Gasteiger charge is -2.01. The number of aromatic nitrogens is 4. The highest BCUT2D eigenvalue weighted by Gasteiger charge is 2.10. The molecule has 0 aromatic carbocycles. The van der Waals surface area contributed by atoms with E-state index in [4.69, 9.17) is 0 Å². The van der Waals surface area contributed by atoms with Crippen LogP contribution in [0.2, 0.25) is 0 Å². The molecule has 0 saturated heterocycles. The molecule has 0 fully saturated rings. The number of carbonyl (C=O) groups excluding carboxylic acids is 1. The molecule has 0 radical (unpaired) electrons. The number of rotatable bonds is 6. The van der Waals surface area contributed by atoms with Gasteiger partial charge in [-0.15, -0.1) is 10.2 Å². The van der Waals surface area contributed by atoms with Crippen LogP contribution in [0.15, 0.2) is 16.7 Å². The van der Waals surface area contributed by atoms with E-state index in [-0.39, 0.29) is 5.91 Å². The molecule has 0 atom stereocenters. The van der Waals surface area contributed by atoms with E-state index in [1.165, 1.54) is 11.3 Å². The zero-order valence-corrected chi connectivity index (χ0v) is 13.3. The fourth-order valence-corrected chi connectivity index (χ4v) is 3.49. The van der Waals surface area contributed by atoms with Crippen LogP contribution in [0.1, 0.15) is 25.8 Å². The summed E-state index contributed by atoms with van der Waals surface area (Å²) < 4.78 is 2.63. The summed E-state index contributed by atoms with van der Waals surface area (Å²) in [5.74, 6) is -0.0737. The standard InChI is InChI=1S/C12H17N5OS2/c1-8(2)19-12-16-15-11(20-12)14-10(18)4-5-17-7-9(3)6-13-17/h6-8H,4-5H2,1-3H3,(H,14,15,18). The number of aryl methyl sites for hydroxylation is 2. The molecule has 2 rings (SSSR count). The molecule has 2 heterocycles. The average Bonchev–Trinajstić information content (AvgIpc) is 2.95. The third-order valence-electron chi connectivity index (χ3n) is 2.32. The van der Waals surface area contributed by atoms with Crippen LogP contribution in [0, 0.1) is 6.92 Å². The highest BCUT2D eigenvalue weighted by molar-refractivity contribution is 8.01. The van der Waals surface area contributed by atoms with Crippen LogP contribution in [0.25, 0.3) is 0 Å². The SMILES string of the molecule is Cc1cnn(CCC(=O)Nc2nnc(SC(C)C)s2)c1. The fourth-order valence-electron chi connectivity index (χ4n) is 1.50. The molecule has 6 nitrogen and oxygen atoms in total. The van der Waals surface area contributed by atoms with Gasteiger partial charge in [0.2, 0.25) is 11.0 Å². The lowest BCUT2D eigenvalue weighted by Crippen LogP contribution is -2.14. The van der Waals surface area contributed by atoms with Gasteiger partial charge >= 0.3 is 0 Å². The van der Waals surface area contributed by atoms with Crippen molar-refractivity contribution < 1.29 is 4.79 Å². The van der Waals surface area contributed by atoms with Gasteiger partial charge in [-0.05, 0) is 12.5 Å². The van der Waals surface area contributed by atoms with E-state index in [0.29, 0.717) is 23.3 Å². The van der Waals surface area contributed by atoms with Gasteiger partial charge < -0.3 is 5.32 Å². The second kappa shape index (κ2) is 6.85. The zero-order valence-electron chi connectivity index (χ0n) is 11.7. The molecular formula is C12H17N5OS2. The molecular weight excluding hydrogens is 294 g/mol. The molecule has 0 unspecified atom stereocenters. The van der Waals surface area contributed by atoms with E-state index in [9.17, 15) is 4.79 Å². The van der Waals surface area contributed by atoms with Gasteiger partial charge in [-0.2, -0.15) is 5.10 Å². The van der Waals surface area contributed by atoms with Crippen LogP contribution >= 0.6 is 23.1 Å². The van der Waals surface area contributed by atoms with Gasteiger partial charge in [0, 0.05) is 24.4 Å². The summed E-state index contributed by atoms with van der Waals surface area (Å²) in [6.07, 6.45) is 4.06. The van der Waals surface area contributed by atoms with Gasteiger partial charge in [-0.25, -0.2) is 0 Å². The number of hydrogen-bond donors (Lipinski definition) is 1. The van der Waals surface area contributed by atoms with Gasteiger partial charge in [-0.3, -0.25) is 9.48 Å². The first-order valence-corrected chi connectivity index (χ1v) is 8.01. The number of thioether (sulfide) groups is 1. The highest BCUT2D eigenvalue weighted by Crippen LogP contribution is 2.28. The minimum atomic E-state index is -0.0737. The Labute approximate surface area is 126 Å². The molecule has 8 heteroatoms. The van der Waals surface area contributed by atoms with Gasteiger partial charge in [0.1, 0.15) is 0 Å². The van der Waals surface area contributed by atoms with Crippen molar-refractivity contribution in [2.24, 2.45) is 0 Å². The molecule has 20 heavy (non-hydrogen) atoms.